The van der Waals surface area contributed by atoms with Gasteiger partial charge in [-0.05, 0) is 82.8 Å². The Morgan fingerprint density at radius 2 is 1.80 bits per heavy atom. The largest absolute Gasteiger partial charge is 0.444 e. The minimum absolute atomic E-state index is 0.0110. The van der Waals surface area contributed by atoms with Gasteiger partial charge in [0.2, 0.25) is 0 Å². The van der Waals surface area contributed by atoms with Crippen molar-refractivity contribution in [3.05, 3.63) is 64.1 Å². The number of rotatable bonds is 12. The number of halogens is 1. The zero-order valence-electron chi connectivity index (χ0n) is 29.1. The van der Waals surface area contributed by atoms with Gasteiger partial charge < -0.3 is 20.3 Å². The van der Waals surface area contributed by atoms with Crippen LogP contribution in [0.4, 0.5) is 22.1 Å². The van der Waals surface area contributed by atoms with Crippen LogP contribution in [0.2, 0.25) is 5.02 Å². The highest BCUT2D eigenvalue weighted by Gasteiger charge is 2.32. The minimum Gasteiger partial charge on any atom is -0.444 e. The second-order valence-electron chi connectivity index (χ2n) is 14.3. The number of hydrogen-bond acceptors (Lipinski definition) is 13. The molecule has 0 atom stereocenters. The summed E-state index contributed by atoms with van der Waals surface area (Å²) in [5.41, 5.74) is -1.07. The molecule has 1 saturated carbocycles. The number of nitrogens with zero attached hydrogens (tertiary/aromatic N) is 5. The quantitative estimate of drug-likeness (QED) is 0.109. The van der Waals surface area contributed by atoms with Gasteiger partial charge in [-0.2, -0.15) is 8.42 Å². The van der Waals surface area contributed by atoms with E-state index in [2.05, 4.69) is 37.4 Å². The Kier molecular flexibility index (Phi) is 12.3. The fraction of sp³-hybridized carbons (Fsp3) is 0.529. The maximum Gasteiger partial charge on any atom is 0.407 e. The Morgan fingerprint density at radius 3 is 2.45 bits per heavy atom. The van der Waals surface area contributed by atoms with Gasteiger partial charge in [-0.1, -0.05) is 42.4 Å². The summed E-state index contributed by atoms with van der Waals surface area (Å²) in [5, 5.41) is 18.8. The standard InChI is InChI=1S/C34H44ClN7O7S2/c1-33(2,3)49-32(43)39-22-34(4)14-17-41(18-15-34)28-19-38-29(20-37-28)50-26-13-16-36-31(30(26)35)40-24-11-9-23(10-12-24)21-48-51(46,47)27-8-6-5-7-25(27)42(44)45/h5-8,13,16,19-20,23-24H,9-12,14-15,17-18,21-22H2,1-4H3,(H,36,40)(H,39,43). The normalized spacial score (nSPS) is 19.3. The first-order valence-corrected chi connectivity index (χ1v) is 19.5. The van der Waals surface area contributed by atoms with Crippen LogP contribution >= 0.6 is 23.4 Å². The average Bonchev–Trinajstić information content (AvgIpc) is 3.09. The molecule has 2 aliphatic rings. The summed E-state index contributed by atoms with van der Waals surface area (Å²) in [7, 11) is -4.27. The Balaban J connectivity index is 1.08. The number of pyridine rings is 1. The Hall–Kier alpha value is -3.73. The lowest BCUT2D eigenvalue weighted by atomic mass is 9.80. The molecule has 2 aromatic heterocycles. The fourth-order valence-electron chi connectivity index (χ4n) is 6.03. The number of amides is 1. The molecule has 1 aliphatic carbocycles. The van der Waals surface area contributed by atoms with E-state index in [1.165, 1.54) is 30.0 Å². The summed E-state index contributed by atoms with van der Waals surface area (Å²) in [5.74, 6) is 1.34. The van der Waals surface area contributed by atoms with Crippen LogP contribution in [0.3, 0.4) is 0 Å². The number of carbonyl (C=O) groups excluding carboxylic acids is 1. The number of anilines is 2. The summed E-state index contributed by atoms with van der Waals surface area (Å²) in [6.07, 6.45) is 9.49. The molecular formula is C34H44ClN7O7S2. The number of nitro benzene ring substituents is 1. The molecule has 3 aromatic rings. The van der Waals surface area contributed by atoms with Crippen LogP contribution in [0.1, 0.15) is 66.2 Å². The van der Waals surface area contributed by atoms with Gasteiger partial charge in [0.15, 0.2) is 4.90 Å². The van der Waals surface area contributed by atoms with Crippen molar-refractivity contribution in [1.29, 1.82) is 0 Å². The lowest BCUT2D eigenvalue weighted by Crippen LogP contribution is -2.45. The molecule has 1 saturated heterocycles. The molecule has 51 heavy (non-hydrogen) atoms. The van der Waals surface area contributed by atoms with Gasteiger partial charge in [0.25, 0.3) is 5.69 Å². The summed E-state index contributed by atoms with van der Waals surface area (Å²) in [6.45, 7) is 9.82. The van der Waals surface area contributed by atoms with Crippen molar-refractivity contribution in [3.63, 3.8) is 0 Å². The van der Waals surface area contributed by atoms with E-state index in [0.717, 1.165) is 55.6 Å². The number of ether oxygens (including phenoxy) is 1. The summed E-state index contributed by atoms with van der Waals surface area (Å²) < 4.78 is 36.0. The molecule has 1 aliphatic heterocycles. The van der Waals surface area contributed by atoms with Gasteiger partial charge in [-0.25, -0.2) is 19.7 Å². The van der Waals surface area contributed by atoms with E-state index in [4.69, 9.17) is 20.5 Å². The SMILES string of the molecule is CC1(CNC(=O)OC(C)(C)C)CCN(c2cnc(Sc3ccnc(NC4CCC(COS(=O)(=O)c5ccccc5[N+](=O)[O-])CC4)c3Cl)cn2)CC1. The highest BCUT2D eigenvalue weighted by atomic mass is 35.5. The fourth-order valence-corrected chi connectivity index (χ4v) is 8.21. The molecule has 5 rings (SSSR count). The lowest BCUT2D eigenvalue weighted by Gasteiger charge is -2.40. The molecule has 14 nitrogen and oxygen atoms in total. The van der Waals surface area contributed by atoms with Crippen LogP contribution in [0, 0.1) is 21.4 Å². The first kappa shape index (κ1) is 38.5. The van der Waals surface area contributed by atoms with Crippen LogP contribution in [0.5, 0.6) is 0 Å². The summed E-state index contributed by atoms with van der Waals surface area (Å²) in [6, 6.07) is 7.08. The van der Waals surface area contributed by atoms with Crippen molar-refractivity contribution in [2.75, 3.05) is 36.5 Å². The minimum atomic E-state index is -4.27. The molecular weight excluding hydrogens is 718 g/mol. The third kappa shape index (κ3) is 10.7. The van der Waals surface area contributed by atoms with Crippen LogP contribution in [-0.4, -0.2) is 72.3 Å². The summed E-state index contributed by atoms with van der Waals surface area (Å²) >= 11 is 8.18. The second kappa shape index (κ2) is 16.3. The molecule has 0 unspecified atom stereocenters. The lowest BCUT2D eigenvalue weighted by molar-refractivity contribution is -0.387. The molecule has 276 valence electrons. The maximum atomic E-state index is 12.7. The number of aromatic nitrogens is 3. The molecule has 0 spiro atoms. The van der Waals surface area contributed by atoms with Gasteiger partial charge in [0.05, 0.1) is 28.9 Å². The van der Waals surface area contributed by atoms with E-state index in [0.29, 0.717) is 35.3 Å². The zero-order valence-corrected chi connectivity index (χ0v) is 31.5. The number of alkyl carbamates (subject to hydrolysis) is 1. The molecule has 0 radical (unpaired) electrons. The summed E-state index contributed by atoms with van der Waals surface area (Å²) in [4.78, 5) is 39.0. The smallest absolute Gasteiger partial charge is 0.407 e. The average molecular weight is 762 g/mol. The zero-order chi connectivity index (χ0) is 36.8. The van der Waals surface area contributed by atoms with Gasteiger partial charge >= 0.3 is 16.2 Å². The highest BCUT2D eigenvalue weighted by Crippen LogP contribution is 2.38. The topological polar surface area (TPSA) is 179 Å². The molecule has 1 amide bonds. The van der Waals surface area contributed by atoms with E-state index in [1.54, 1.807) is 18.6 Å². The molecule has 17 heteroatoms. The van der Waals surface area contributed by atoms with Crippen molar-refractivity contribution in [2.24, 2.45) is 11.3 Å². The Labute approximate surface area is 307 Å². The van der Waals surface area contributed by atoms with Crippen LogP contribution in [0.15, 0.2) is 63.7 Å². The number of piperidine rings is 1. The van der Waals surface area contributed by atoms with E-state index in [-0.39, 0.29) is 24.0 Å². The van der Waals surface area contributed by atoms with Gasteiger partial charge in [-0.3, -0.25) is 14.3 Å². The van der Waals surface area contributed by atoms with E-state index >= 15 is 0 Å². The third-order valence-corrected chi connectivity index (χ3v) is 11.8. The Morgan fingerprint density at radius 1 is 1.10 bits per heavy atom. The second-order valence-corrected chi connectivity index (χ2v) is 17.3. The van der Waals surface area contributed by atoms with Crippen molar-refractivity contribution in [1.82, 2.24) is 20.3 Å². The van der Waals surface area contributed by atoms with Crippen molar-refractivity contribution in [2.45, 2.75) is 92.7 Å². The number of benzene rings is 1. The van der Waals surface area contributed by atoms with Gasteiger partial charge in [0, 0.05) is 42.8 Å². The molecule has 0 bridgehead atoms. The van der Waals surface area contributed by atoms with E-state index < -0.39 is 37.3 Å². The molecule has 1 aromatic carbocycles. The Bertz CT molecular complexity index is 1790. The van der Waals surface area contributed by atoms with Crippen molar-refractivity contribution < 1.29 is 27.1 Å². The predicted molar refractivity (Wildman–Crippen MR) is 195 cm³/mol. The van der Waals surface area contributed by atoms with Crippen LogP contribution in [0.25, 0.3) is 0 Å². The number of nitro groups is 1. The van der Waals surface area contributed by atoms with Crippen molar-refractivity contribution in [3.8, 4) is 0 Å². The van der Waals surface area contributed by atoms with Gasteiger partial charge in [-0.15, -0.1) is 0 Å². The number of nitrogens with one attached hydrogen (secondary N) is 2. The van der Waals surface area contributed by atoms with Crippen molar-refractivity contribution >= 4 is 56.9 Å². The van der Waals surface area contributed by atoms with Crippen LogP contribution in [-0.2, 0) is 19.0 Å². The van der Waals surface area contributed by atoms with E-state index in [1.807, 2.05) is 26.8 Å². The monoisotopic (exact) mass is 761 g/mol. The number of hydrogen-bond donors (Lipinski definition) is 2. The highest BCUT2D eigenvalue weighted by molar-refractivity contribution is 7.99. The molecule has 2 N–H and O–H groups in total. The maximum absolute atomic E-state index is 12.7. The van der Waals surface area contributed by atoms with Crippen LogP contribution < -0.4 is 15.5 Å². The predicted octanol–water partition coefficient (Wildman–Crippen LogP) is 7.09. The number of para-hydroxylation sites is 1. The van der Waals surface area contributed by atoms with E-state index in [9.17, 15) is 23.3 Å². The number of carbonyl (C=O) groups is 1. The first-order chi connectivity index (χ1) is 24.1. The first-order valence-electron chi connectivity index (χ1n) is 16.9. The van der Waals surface area contributed by atoms with Gasteiger partial charge in [0.1, 0.15) is 22.3 Å². The molecule has 3 heterocycles. The molecule has 2 fully saturated rings. The third-order valence-electron chi connectivity index (χ3n) is 9.01.